The largest absolute Gasteiger partial charge is 0.399 e. The Morgan fingerprint density at radius 3 is 3.06 bits per heavy atom. The molecule has 1 aromatic carbocycles. The molecule has 2 nitrogen and oxygen atoms in total. The Hall–Kier alpha value is -0.350. The van der Waals surface area contributed by atoms with Gasteiger partial charge in [-0.3, -0.25) is 0 Å². The third-order valence-corrected chi connectivity index (χ3v) is 4.91. The molecule has 0 spiro atoms. The highest BCUT2D eigenvalue weighted by Crippen LogP contribution is 2.32. The predicted octanol–water partition coefficient (Wildman–Crippen LogP) is 3.36. The number of hydrogen-bond donors (Lipinski definition) is 1. The Labute approximate surface area is 110 Å². The minimum absolute atomic E-state index is 0.762. The zero-order valence-corrected chi connectivity index (χ0v) is 11.9. The lowest BCUT2D eigenvalue weighted by Crippen LogP contribution is -2.37. The number of halogens is 1. The molecule has 4 heteroatoms. The average molecular weight is 301 g/mol. The van der Waals surface area contributed by atoms with Gasteiger partial charge < -0.3 is 10.6 Å². The first kappa shape index (κ1) is 12.1. The van der Waals surface area contributed by atoms with Crippen LogP contribution in [0.2, 0.25) is 0 Å². The highest BCUT2D eigenvalue weighted by Gasteiger charge is 2.20. The first-order valence-electron chi connectivity index (χ1n) is 5.62. The topological polar surface area (TPSA) is 29.3 Å². The Morgan fingerprint density at radius 1 is 1.56 bits per heavy atom. The van der Waals surface area contributed by atoms with Crippen LogP contribution in [0, 0.1) is 0 Å². The highest BCUT2D eigenvalue weighted by atomic mass is 79.9. The van der Waals surface area contributed by atoms with Crippen molar-refractivity contribution in [1.29, 1.82) is 0 Å². The summed E-state index contributed by atoms with van der Waals surface area (Å²) in [5, 5.41) is 0.762. The Kier molecular flexibility index (Phi) is 4.03. The van der Waals surface area contributed by atoms with Crippen molar-refractivity contribution in [3.63, 3.8) is 0 Å². The van der Waals surface area contributed by atoms with E-state index in [0.29, 0.717) is 0 Å². The maximum absolute atomic E-state index is 5.76. The molecule has 2 N–H and O–H groups in total. The first-order chi connectivity index (χ1) is 7.70. The van der Waals surface area contributed by atoms with Crippen molar-refractivity contribution in [2.45, 2.75) is 18.6 Å². The van der Waals surface area contributed by atoms with E-state index in [4.69, 9.17) is 5.73 Å². The molecular weight excluding hydrogens is 284 g/mol. The molecule has 0 aromatic heterocycles. The highest BCUT2D eigenvalue weighted by molar-refractivity contribution is 9.10. The van der Waals surface area contributed by atoms with Crippen LogP contribution in [-0.2, 0) is 0 Å². The van der Waals surface area contributed by atoms with Gasteiger partial charge in [-0.2, -0.15) is 11.8 Å². The van der Waals surface area contributed by atoms with E-state index < -0.39 is 0 Å². The van der Waals surface area contributed by atoms with Crippen LogP contribution in [0.1, 0.15) is 13.3 Å². The van der Waals surface area contributed by atoms with Gasteiger partial charge in [0.2, 0.25) is 0 Å². The van der Waals surface area contributed by atoms with Crippen LogP contribution in [0.5, 0.6) is 0 Å². The van der Waals surface area contributed by atoms with Gasteiger partial charge in [0.05, 0.1) is 5.69 Å². The molecule has 0 bridgehead atoms. The minimum atomic E-state index is 0.762. The van der Waals surface area contributed by atoms with Crippen LogP contribution in [-0.4, -0.2) is 24.1 Å². The summed E-state index contributed by atoms with van der Waals surface area (Å²) in [6.45, 7) is 4.53. The smallest absolute Gasteiger partial charge is 0.0512 e. The number of rotatable bonds is 2. The minimum Gasteiger partial charge on any atom is -0.399 e. The van der Waals surface area contributed by atoms with E-state index in [9.17, 15) is 0 Å². The average Bonchev–Trinajstić information content (AvgIpc) is 2.29. The van der Waals surface area contributed by atoms with Crippen LogP contribution in [0.25, 0.3) is 0 Å². The molecule has 1 heterocycles. The molecule has 16 heavy (non-hydrogen) atoms. The van der Waals surface area contributed by atoms with Crippen LogP contribution >= 0.6 is 27.7 Å². The number of nitrogens with zero attached hydrogens (tertiary/aromatic N) is 1. The zero-order valence-electron chi connectivity index (χ0n) is 9.45. The summed E-state index contributed by atoms with van der Waals surface area (Å²) in [5.41, 5.74) is 7.84. The van der Waals surface area contributed by atoms with Gasteiger partial charge in [0.15, 0.2) is 0 Å². The Morgan fingerprint density at radius 2 is 2.38 bits per heavy atom. The van der Waals surface area contributed by atoms with Gasteiger partial charge in [0.1, 0.15) is 0 Å². The fourth-order valence-corrected chi connectivity index (χ4v) is 3.79. The lowest BCUT2D eigenvalue weighted by atomic mass is 10.2. The zero-order chi connectivity index (χ0) is 11.5. The molecule has 1 aliphatic heterocycles. The van der Waals surface area contributed by atoms with Crippen LogP contribution in [0.3, 0.4) is 0 Å². The Balaban J connectivity index is 2.16. The molecule has 1 aromatic rings. The van der Waals surface area contributed by atoms with Crippen LogP contribution in [0.15, 0.2) is 22.7 Å². The van der Waals surface area contributed by atoms with Gasteiger partial charge in [-0.25, -0.2) is 0 Å². The summed E-state index contributed by atoms with van der Waals surface area (Å²) in [5.74, 6) is 1.22. The number of anilines is 2. The molecule has 0 radical (unpaired) electrons. The molecular formula is C12H17BrN2S. The third-order valence-electron chi connectivity index (χ3n) is 2.91. The Bertz CT molecular complexity index is 370. The van der Waals surface area contributed by atoms with E-state index >= 15 is 0 Å². The lowest BCUT2D eigenvalue weighted by Gasteiger charge is -2.34. The van der Waals surface area contributed by atoms with Gasteiger partial charge in [-0.05, 0) is 40.5 Å². The molecule has 0 saturated carbocycles. The van der Waals surface area contributed by atoms with Gasteiger partial charge in [0.25, 0.3) is 0 Å². The predicted molar refractivity (Wildman–Crippen MR) is 77.3 cm³/mol. The second-order valence-corrected chi connectivity index (χ2v) is 6.32. The van der Waals surface area contributed by atoms with Crippen molar-refractivity contribution in [2.24, 2.45) is 0 Å². The molecule has 1 fully saturated rings. The normalized spacial score (nSPS) is 21.1. The summed E-state index contributed by atoms with van der Waals surface area (Å²) in [6, 6.07) is 6.07. The molecule has 0 aliphatic carbocycles. The first-order valence-corrected chi connectivity index (χ1v) is 7.46. The number of nitrogens with two attached hydrogens (primary N) is 1. The van der Waals surface area contributed by atoms with Gasteiger partial charge in [-0.1, -0.05) is 6.92 Å². The van der Waals surface area contributed by atoms with Crippen molar-refractivity contribution < 1.29 is 0 Å². The van der Waals surface area contributed by atoms with Gasteiger partial charge in [0, 0.05) is 34.3 Å². The van der Waals surface area contributed by atoms with Crippen LogP contribution < -0.4 is 10.6 Å². The van der Waals surface area contributed by atoms with E-state index in [1.54, 1.807) is 0 Å². The van der Waals surface area contributed by atoms with E-state index in [-0.39, 0.29) is 0 Å². The molecule has 2 rings (SSSR count). The van der Waals surface area contributed by atoms with E-state index in [0.717, 1.165) is 28.5 Å². The number of hydrogen-bond acceptors (Lipinski definition) is 3. The number of benzene rings is 1. The third kappa shape index (κ3) is 2.66. The van der Waals surface area contributed by atoms with E-state index in [1.807, 2.05) is 12.1 Å². The summed E-state index contributed by atoms with van der Waals surface area (Å²) in [6.07, 6.45) is 1.24. The molecule has 1 saturated heterocycles. The van der Waals surface area contributed by atoms with E-state index in [2.05, 4.69) is 45.6 Å². The summed E-state index contributed by atoms with van der Waals surface area (Å²) < 4.78 is 1.11. The summed E-state index contributed by atoms with van der Waals surface area (Å²) >= 11 is 5.68. The van der Waals surface area contributed by atoms with Gasteiger partial charge in [-0.15, -0.1) is 0 Å². The van der Waals surface area contributed by atoms with Crippen molar-refractivity contribution in [1.82, 2.24) is 0 Å². The van der Waals surface area contributed by atoms with Crippen LogP contribution in [0.4, 0.5) is 11.4 Å². The number of thioether (sulfide) groups is 1. The molecule has 88 valence electrons. The van der Waals surface area contributed by atoms with E-state index in [1.165, 1.54) is 17.9 Å². The second-order valence-electron chi connectivity index (χ2n) is 4.06. The fraction of sp³-hybridized carbons (Fsp3) is 0.500. The maximum Gasteiger partial charge on any atom is 0.0512 e. The summed E-state index contributed by atoms with van der Waals surface area (Å²) in [7, 11) is 0. The molecule has 0 amide bonds. The van der Waals surface area contributed by atoms with Crippen molar-refractivity contribution in [3.05, 3.63) is 22.7 Å². The molecule has 1 unspecified atom stereocenters. The maximum atomic E-state index is 5.76. The quantitative estimate of drug-likeness (QED) is 0.849. The lowest BCUT2D eigenvalue weighted by molar-refractivity contribution is 0.727. The summed E-state index contributed by atoms with van der Waals surface area (Å²) in [4.78, 5) is 2.45. The van der Waals surface area contributed by atoms with Crippen molar-refractivity contribution in [2.75, 3.05) is 29.5 Å². The second kappa shape index (κ2) is 5.32. The monoisotopic (exact) mass is 300 g/mol. The van der Waals surface area contributed by atoms with Crippen molar-refractivity contribution in [3.8, 4) is 0 Å². The fourth-order valence-electron chi connectivity index (χ4n) is 1.96. The molecule has 1 atom stereocenters. The van der Waals surface area contributed by atoms with Crippen molar-refractivity contribution >= 4 is 39.1 Å². The number of nitrogen functional groups attached to an aromatic ring is 1. The standard InChI is InChI=1S/C12H17BrN2S/c1-2-10-8-15(5-6-16-10)12-4-3-9(14)7-11(12)13/h3-4,7,10H,2,5-6,8,14H2,1H3. The van der Waals surface area contributed by atoms with Gasteiger partial charge >= 0.3 is 0 Å². The SMILES string of the molecule is CCC1CN(c2ccc(N)cc2Br)CCS1. The molecule has 1 aliphatic rings.